The summed E-state index contributed by atoms with van der Waals surface area (Å²) < 4.78 is 11.7. The van der Waals surface area contributed by atoms with Gasteiger partial charge in [-0.15, -0.1) is 11.3 Å². The van der Waals surface area contributed by atoms with Crippen molar-refractivity contribution < 1.29 is 18.7 Å². The van der Waals surface area contributed by atoms with Crippen molar-refractivity contribution in [1.29, 1.82) is 0 Å². The second-order valence-electron chi connectivity index (χ2n) is 5.73. The number of aromatic nitrogens is 2. The Labute approximate surface area is 162 Å². The number of nitrogens with zero attached hydrogens (tertiary/aromatic N) is 2. The average Bonchev–Trinajstić information content (AvgIpc) is 3.38. The summed E-state index contributed by atoms with van der Waals surface area (Å²) in [6.07, 6.45) is 3.03. The summed E-state index contributed by atoms with van der Waals surface area (Å²) >= 11 is 1.32. The van der Waals surface area contributed by atoms with Gasteiger partial charge in [0.25, 0.3) is 11.5 Å². The molecule has 9 heteroatoms. The highest BCUT2D eigenvalue weighted by Crippen LogP contribution is 2.14. The maximum Gasteiger partial charge on any atom is 0.338 e. The van der Waals surface area contributed by atoms with Crippen molar-refractivity contribution in [2.45, 2.75) is 6.61 Å². The number of esters is 1. The van der Waals surface area contributed by atoms with Gasteiger partial charge in [-0.25, -0.2) is 9.78 Å². The zero-order valence-electron chi connectivity index (χ0n) is 14.3. The molecular formula is C19H13N3O5S. The summed E-state index contributed by atoms with van der Waals surface area (Å²) in [5.41, 5.74) is 0.807. The van der Waals surface area contributed by atoms with Crippen molar-refractivity contribution in [3.05, 3.63) is 87.7 Å². The molecule has 3 aromatic heterocycles. The van der Waals surface area contributed by atoms with E-state index in [1.165, 1.54) is 40.2 Å². The van der Waals surface area contributed by atoms with Gasteiger partial charge in [-0.3, -0.25) is 14.0 Å². The normalized spacial score (nSPS) is 10.7. The minimum Gasteiger partial charge on any atom is -0.459 e. The standard InChI is InChI=1S/C19H13N3O5S/c23-16-10-14(21-19-22(16)6-8-28-19)11-27-18(25)12-3-1-4-13(9-12)20-17(24)15-5-2-7-26-15/h1-10H,11H2,(H,20,24). The van der Waals surface area contributed by atoms with E-state index in [0.29, 0.717) is 16.3 Å². The Kier molecular flexibility index (Phi) is 4.73. The summed E-state index contributed by atoms with van der Waals surface area (Å²) in [6, 6.07) is 10.8. The molecule has 0 aliphatic heterocycles. The molecule has 0 radical (unpaired) electrons. The maximum absolute atomic E-state index is 12.3. The van der Waals surface area contributed by atoms with Gasteiger partial charge >= 0.3 is 5.97 Å². The summed E-state index contributed by atoms with van der Waals surface area (Å²) in [4.78, 5) is 41.1. The van der Waals surface area contributed by atoms with Gasteiger partial charge in [0, 0.05) is 23.3 Å². The Morgan fingerprint density at radius 1 is 1.21 bits per heavy atom. The van der Waals surface area contributed by atoms with Gasteiger partial charge in [-0.05, 0) is 30.3 Å². The van der Waals surface area contributed by atoms with Gasteiger partial charge in [0.15, 0.2) is 10.7 Å². The molecule has 0 atom stereocenters. The molecule has 1 N–H and O–H groups in total. The van der Waals surface area contributed by atoms with Gasteiger partial charge in [-0.1, -0.05) is 6.07 Å². The van der Waals surface area contributed by atoms with E-state index >= 15 is 0 Å². The fraction of sp³-hybridized carbons (Fsp3) is 0.0526. The number of thiazole rings is 1. The maximum atomic E-state index is 12.3. The average molecular weight is 395 g/mol. The van der Waals surface area contributed by atoms with E-state index in [2.05, 4.69) is 10.3 Å². The molecule has 3 heterocycles. The second-order valence-corrected chi connectivity index (χ2v) is 6.60. The van der Waals surface area contributed by atoms with Crippen LogP contribution in [-0.4, -0.2) is 21.3 Å². The van der Waals surface area contributed by atoms with E-state index in [1.807, 2.05) is 0 Å². The van der Waals surface area contributed by atoms with E-state index in [9.17, 15) is 14.4 Å². The first-order valence-corrected chi connectivity index (χ1v) is 9.06. The van der Waals surface area contributed by atoms with Gasteiger partial charge in [0.05, 0.1) is 17.5 Å². The third-order valence-corrected chi connectivity index (χ3v) is 4.57. The number of ether oxygens (including phenoxy) is 1. The molecule has 0 saturated heterocycles. The van der Waals surface area contributed by atoms with E-state index < -0.39 is 11.9 Å². The van der Waals surface area contributed by atoms with Gasteiger partial charge in [0.2, 0.25) is 0 Å². The van der Waals surface area contributed by atoms with Crippen molar-refractivity contribution in [1.82, 2.24) is 9.38 Å². The lowest BCUT2D eigenvalue weighted by atomic mass is 10.2. The molecule has 0 aliphatic carbocycles. The first-order valence-electron chi connectivity index (χ1n) is 8.18. The molecule has 28 heavy (non-hydrogen) atoms. The Balaban J connectivity index is 1.44. The van der Waals surface area contributed by atoms with Crippen molar-refractivity contribution in [2.24, 2.45) is 0 Å². The van der Waals surface area contributed by atoms with Crippen molar-refractivity contribution in [3.63, 3.8) is 0 Å². The van der Waals surface area contributed by atoms with E-state index in [0.717, 1.165) is 0 Å². The number of benzene rings is 1. The molecule has 4 aromatic rings. The number of hydrogen-bond donors (Lipinski definition) is 1. The predicted octanol–water partition coefficient (Wildman–Crippen LogP) is 2.96. The molecule has 1 aromatic carbocycles. The van der Waals surface area contributed by atoms with E-state index in [4.69, 9.17) is 9.15 Å². The molecule has 0 aliphatic rings. The lowest BCUT2D eigenvalue weighted by Crippen LogP contribution is -2.15. The van der Waals surface area contributed by atoms with Crippen LogP contribution < -0.4 is 10.9 Å². The number of anilines is 1. The van der Waals surface area contributed by atoms with Crippen LogP contribution in [0.2, 0.25) is 0 Å². The second kappa shape index (κ2) is 7.49. The predicted molar refractivity (Wildman–Crippen MR) is 102 cm³/mol. The quantitative estimate of drug-likeness (QED) is 0.521. The Hall–Kier alpha value is -3.72. The zero-order valence-corrected chi connectivity index (χ0v) is 15.1. The van der Waals surface area contributed by atoms with Crippen LogP contribution in [0, 0.1) is 0 Å². The number of nitrogens with one attached hydrogen (secondary N) is 1. The van der Waals surface area contributed by atoms with Crippen LogP contribution in [-0.2, 0) is 11.3 Å². The molecule has 4 rings (SSSR count). The third kappa shape index (κ3) is 3.69. The van der Waals surface area contributed by atoms with Crippen molar-refractivity contribution in [3.8, 4) is 0 Å². The highest BCUT2D eigenvalue weighted by atomic mass is 32.1. The van der Waals surface area contributed by atoms with E-state index in [1.54, 1.807) is 35.8 Å². The monoisotopic (exact) mass is 395 g/mol. The Morgan fingerprint density at radius 3 is 2.93 bits per heavy atom. The first-order chi connectivity index (χ1) is 13.6. The molecule has 0 fully saturated rings. The van der Waals surface area contributed by atoms with Gasteiger partial charge < -0.3 is 14.5 Å². The molecule has 0 saturated carbocycles. The fourth-order valence-electron chi connectivity index (χ4n) is 2.51. The lowest BCUT2D eigenvalue weighted by molar-refractivity contribution is 0.0467. The first kappa shape index (κ1) is 17.7. The minimum absolute atomic E-state index is 0.133. The fourth-order valence-corrected chi connectivity index (χ4v) is 3.25. The van der Waals surface area contributed by atoms with Crippen LogP contribution in [0.1, 0.15) is 26.6 Å². The zero-order chi connectivity index (χ0) is 19.5. The van der Waals surface area contributed by atoms with Gasteiger partial charge in [-0.2, -0.15) is 0 Å². The van der Waals surface area contributed by atoms with Crippen LogP contribution in [0.25, 0.3) is 4.96 Å². The number of carbonyl (C=O) groups excluding carboxylic acids is 2. The largest absolute Gasteiger partial charge is 0.459 e. The van der Waals surface area contributed by atoms with Crippen LogP contribution >= 0.6 is 11.3 Å². The SMILES string of the molecule is O=C(OCc1cc(=O)n2ccsc2n1)c1cccc(NC(=O)c2ccco2)c1. The van der Waals surface area contributed by atoms with Gasteiger partial charge in [0.1, 0.15) is 6.61 Å². The van der Waals surface area contributed by atoms with Crippen LogP contribution in [0.15, 0.2) is 69.5 Å². The summed E-state index contributed by atoms with van der Waals surface area (Å²) in [6.45, 7) is -0.133. The number of carbonyl (C=O) groups is 2. The Bertz CT molecular complexity index is 1210. The topological polar surface area (TPSA) is 103 Å². The highest BCUT2D eigenvalue weighted by molar-refractivity contribution is 7.15. The smallest absolute Gasteiger partial charge is 0.338 e. The molecule has 0 unspecified atom stereocenters. The number of fused-ring (bicyclic) bond motifs is 1. The molecule has 0 spiro atoms. The van der Waals surface area contributed by atoms with E-state index in [-0.39, 0.29) is 23.5 Å². The summed E-state index contributed by atoms with van der Waals surface area (Å²) in [5.74, 6) is -0.860. The van der Waals surface area contributed by atoms with Crippen LogP contribution in [0.4, 0.5) is 5.69 Å². The van der Waals surface area contributed by atoms with Crippen LogP contribution in [0.5, 0.6) is 0 Å². The number of amides is 1. The number of hydrogen-bond acceptors (Lipinski definition) is 7. The Morgan fingerprint density at radius 2 is 2.11 bits per heavy atom. The van der Waals surface area contributed by atoms with Crippen molar-refractivity contribution >= 4 is 33.9 Å². The molecule has 8 nitrogen and oxygen atoms in total. The van der Waals surface area contributed by atoms with Crippen LogP contribution in [0.3, 0.4) is 0 Å². The summed E-state index contributed by atoms with van der Waals surface area (Å²) in [5, 5.41) is 4.39. The van der Waals surface area contributed by atoms with Crippen molar-refractivity contribution in [2.75, 3.05) is 5.32 Å². The molecule has 0 bridgehead atoms. The molecular weight excluding hydrogens is 382 g/mol. The lowest BCUT2D eigenvalue weighted by Gasteiger charge is -2.07. The molecule has 1 amide bonds. The third-order valence-electron chi connectivity index (χ3n) is 3.81. The highest BCUT2D eigenvalue weighted by Gasteiger charge is 2.13. The molecule has 140 valence electrons. The minimum atomic E-state index is -0.595. The summed E-state index contributed by atoms with van der Waals surface area (Å²) in [7, 11) is 0. The number of rotatable bonds is 5. The number of furan rings is 1.